The first-order valence-electron chi connectivity index (χ1n) is 9.16. The van der Waals surface area contributed by atoms with Crippen LogP contribution in [0.2, 0.25) is 0 Å². The van der Waals surface area contributed by atoms with Crippen LogP contribution in [0.4, 0.5) is 4.39 Å². The number of aliphatic carboxylic acids is 1. The fourth-order valence-corrected chi connectivity index (χ4v) is 4.83. The minimum absolute atomic E-state index is 0.124. The zero-order valence-electron chi connectivity index (χ0n) is 15.7. The number of ether oxygens (including phenoxy) is 1. The Hall–Kier alpha value is -3.23. The van der Waals surface area contributed by atoms with Crippen molar-refractivity contribution in [2.75, 3.05) is 0 Å². The number of rotatable bonds is 7. The monoisotopic (exact) mass is 427 g/mol. The standard InChI is InChI=1S/C22H18FNO5S/c23-16-9-11-17(12-10-16)29-18-7-4-8-19(13-18)30(27,28)24-22(21(25)26)14-20(22)15-5-2-1-3-6-15/h1-13,20,24H,14H2,(H,25,26)/t20-,22+/m0/s1. The summed E-state index contributed by atoms with van der Waals surface area (Å²) in [5.74, 6) is -1.53. The lowest BCUT2D eigenvalue weighted by atomic mass is 10.1. The van der Waals surface area contributed by atoms with Crippen molar-refractivity contribution in [2.24, 2.45) is 0 Å². The average molecular weight is 427 g/mol. The van der Waals surface area contributed by atoms with Crippen molar-refractivity contribution in [1.82, 2.24) is 4.72 Å². The van der Waals surface area contributed by atoms with Crippen molar-refractivity contribution >= 4 is 16.0 Å². The molecule has 0 aliphatic heterocycles. The zero-order valence-corrected chi connectivity index (χ0v) is 16.5. The fourth-order valence-electron chi connectivity index (χ4n) is 3.39. The van der Waals surface area contributed by atoms with Crippen LogP contribution in [-0.4, -0.2) is 25.0 Å². The number of carboxylic acids is 1. The van der Waals surface area contributed by atoms with E-state index in [1.165, 1.54) is 42.5 Å². The van der Waals surface area contributed by atoms with E-state index >= 15 is 0 Å². The second kappa shape index (κ2) is 7.55. The van der Waals surface area contributed by atoms with Gasteiger partial charge in [-0.1, -0.05) is 36.4 Å². The van der Waals surface area contributed by atoms with Gasteiger partial charge in [0.1, 0.15) is 22.9 Å². The van der Waals surface area contributed by atoms with Crippen molar-refractivity contribution in [2.45, 2.75) is 22.8 Å². The fraction of sp³-hybridized carbons (Fsp3) is 0.136. The summed E-state index contributed by atoms with van der Waals surface area (Å²) in [6.45, 7) is 0. The Balaban J connectivity index is 1.57. The van der Waals surface area contributed by atoms with Crippen LogP contribution < -0.4 is 9.46 Å². The summed E-state index contributed by atoms with van der Waals surface area (Å²) in [7, 11) is -4.13. The van der Waals surface area contributed by atoms with E-state index in [1.807, 2.05) is 6.07 Å². The maximum Gasteiger partial charge on any atom is 0.325 e. The molecule has 1 fully saturated rings. The van der Waals surface area contributed by atoms with Gasteiger partial charge in [0.05, 0.1) is 4.90 Å². The van der Waals surface area contributed by atoms with Gasteiger partial charge in [0, 0.05) is 12.0 Å². The Kier molecular flexibility index (Phi) is 5.05. The second-order valence-electron chi connectivity index (χ2n) is 7.08. The molecule has 0 radical (unpaired) electrons. The predicted molar refractivity (Wildman–Crippen MR) is 107 cm³/mol. The van der Waals surface area contributed by atoms with Gasteiger partial charge in [0.15, 0.2) is 0 Å². The van der Waals surface area contributed by atoms with Crippen LogP contribution in [0.15, 0.2) is 83.8 Å². The molecule has 2 atom stereocenters. The van der Waals surface area contributed by atoms with E-state index in [0.717, 1.165) is 5.56 Å². The lowest BCUT2D eigenvalue weighted by Gasteiger charge is -2.16. The molecule has 2 N–H and O–H groups in total. The molecular formula is C22H18FNO5S. The van der Waals surface area contributed by atoms with E-state index in [0.29, 0.717) is 5.75 Å². The van der Waals surface area contributed by atoms with E-state index < -0.39 is 33.3 Å². The lowest BCUT2D eigenvalue weighted by molar-refractivity contribution is -0.140. The average Bonchev–Trinajstić information content (AvgIpc) is 3.45. The van der Waals surface area contributed by atoms with Crippen LogP contribution in [0, 0.1) is 5.82 Å². The molecule has 4 rings (SSSR count). The van der Waals surface area contributed by atoms with Gasteiger partial charge in [-0.05, 0) is 48.4 Å². The van der Waals surface area contributed by atoms with E-state index in [4.69, 9.17) is 4.74 Å². The molecule has 3 aromatic carbocycles. The molecule has 0 aromatic heterocycles. The molecule has 1 saturated carbocycles. The molecule has 1 aliphatic rings. The number of hydrogen-bond acceptors (Lipinski definition) is 4. The van der Waals surface area contributed by atoms with Crippen molar-refractivity contribution < 1.29 is 27.4 Å². The first-order valence-corrected chi connectivity index (χ1v) is 10.6. The third-order valence-corrected chi connectivity index (χ3v) is 6.53. The van der Waals surface area contributed by atoms with Crippen LogP contribution in [-0.2, 0) is 14.8 Å². The van der Waals surface area contributed by atoms with Crippen LogP contribution >= 0.6 is 0 Å². The van der Waals surface area contributed by atoms with E-state index in [-0.39, 0.29) is 17.1 Å². The summed E-state index contributed by atoms with van der Waals surface area (Å²) in [5, 5.41) is 9.74. The normalized spacial score (nSPS) is 20.5. The molecule has 3 aromatic rings. The number of carbonyl (C=O) groups is 1. The van der Waals surface area contributed by atoms with Crippen molar-refractivity contribution in [3.8, 4) is 11.5 Å². The van der Waals surface area contributed by atoms with Crippen molar-refractivity contribution in [1.29, 1.82) is 0 Å². The molecule has 0 bridgehead atoms. The first kappa shape index (κ1) is 20.1. The van der Waals surface area contributed by atoms with E-state index in [1.54, 1.807) is 30.3 Å². The number of hydrogen-bond donors (Lipinski definition) is 2. The quantitative estimate of drug-likeness (QED) is 0.597. The molecule has 0 amide bonds. The van der Waals surface area contributed by atoms with Gasteiger partial charge in [-0.2, -0.15) is 4.72 Å². The number of halogens is 1. The van der Waals surface area contributed by atoms with E-state index in [2.05, 4.69) is 4.72 Å². The molecule has 6 nitrogen and oxygen atoms in total. The molecule has 1 aliphatic carbocycles. The summed E-state index contributed by atoms with van der Waals surface area (Å²) >= 11 is 0. The van der Waals surface area contributed by atoms with Crippen LogP contribution in [0.5, 0.6) is 11.5 Å². The zero-order chi connectivity index (χ0) is 21.4. The summed E-state index contributed by atoms with van der Waals surface area (Å²) in [6, 6.07) is 19.9. The Morgan fingerprint density at radius 1 is 1.00 bits per heavy atom. The van der Waals surface area contributed by atoms with Crippen LogP contribution in [0.1, 0.15) is 17.9 Å². The summed E-state index contributed by atoms with van der Waals surface area (Å²) in [5.41, 5.74) is -0.829. The maximum absolute atomic E-state index is 13.0. The molecule has 0 heterocycles. The molecule has 0 saturated heterocycles. The lowest BCUT2D eigenvalue weighted by Crippen LogP contribution is -2.44. The number of nitrogens with one attached hydrogen (secondary N) is 1. The summed E-state index contributed by atoms with van der Waals surface area (Å²) in [4.78, 5) is 11.8. The first-order chi connectivity index (χ1) is 14.3. The SMILES string of the molecule is O=C(O)[C@@]1(NS(=O)(=O)c2cccc(Oc3ccc(F)cc3)c2)C[C@H]1c1ccccc1. The molecule has 8 heteroatoms. The van der Waals surface area contributed by atoms with Crippen LogP contribution in [0.3, 0.4) is 0 Å². The highest BCUT2D eigenvalue weighted by Crippen LogP contribution is 2.52. The van der Waals surface area contributed by atoms with Gasteiger partial charge in [0.2, 0.25) is 10.0 Å². The molecular weight excluding hydrogens is 409 g/mol. The Morgan fingerprint density at radius 3 is 2.37 bits per heavy atom. The van der Waals surface area contributed by atoms with Gasteiger partial charge in [-0.3, -0.25) is 4.79 Å². The Bertz CT molecular complexity index is 1180. The number of sulfonamides is 1. The number of benzene rings is 3. The molecule has 0 spiro atoms. The third-order valence-electron chi connectivity index (χ3n) is 5.03. The van der Waals surface area contributed by atoms with Gasteiger partial charge in [-0.25, -0.2) is 12.8 Å². The summed E-state index contributed by atoms with van der Waals surface area (Å²) < 4.78 is 46.9. The smallest absolute Gasteiger partial charge is 0.325 e. The topological polar surface area (TPSA) is 92.7 Å². The summed E-state index contributed by atoms with van der Waals surface area (Å²) in [6.07, 6.45) is 0.164. The Morgan fingerprint density at radius 2 is 1.70 bits per heavy atom. The largest absolute Gasteiger partial charge is 0.480 e. The van der Waals surface area contributed by atoms with Gasteiger partial charge in [-0.15, -0.1) is 0 Å². The van der Waals surface area contributed by atoms with Crippen molar-refractivity contribution in [3.63, 3.8) is 0 Å². The number of carboxylic acid groups (broad SMARTS) is 1. The molecule has 154 valence electrons. The molecule has 30 heavy (non-hydrogen) atoms. The van der Waals surface area contributed by atoms with Gasteiger partial charge < -0.3 is 9.84 Å². The third kappa shape index (κ3) is 3.92. The highest BCUT2D eigenvalue weighted by molar-refractivity contribution is 7.89. The highest BCUT2D eigenvalue weighted by Gasteiger charge is 2.63. The van der Waals surface area contributed by atoms with E-state index in [9.17, 15) is 22.7 Å². The Labute approximate surface area is 173 Å². The maximum atomic E-state index is 13.0. The molecule has 0 unspecified atom stereocenters. The minimum atomic E-state index is -4.13. The predicted octanol–water partition coefficient (Wildman–Crippen LogP) is 3.91. The minimum Gasteiger partial charge on any atom is -0.480 e. The van der Waals surface area contributed by atoms with Crippen LogP contribution in [0.25, 0.3) is 0 Å². The van der Waals surface area contributed by atoms with Crippen molar-refractivity contribution in [3.05, 3.63) is 90.2 Å². The van der Waals surface area contributed by atoms with Gasteiger partial charge in [0.25, 0.3) is 0 Å². The second-order valence-corrected chi connectivity index (χ2v) is 8.76. The van der Waals surface area contributed by atoms with Gasteiger partial charge >= 0.3 is 5.97 Å². The highest BCUT2D eigenvalue weighted by atomic mass is 32.2.